The van der Waals surface area contributed by atoms with E-state index in [0.29, 0.717) is 9.09 Å². The molecule has 1 heterocycles. The van der Waals surface area contributed by atoms with Crippen molar-refractivity contribution in [2.24, 2.45) is 0 Å². The van der Waals surface area contributed by atoms with Gasteiger partial charge in [-0.25, -0.2) is 4.39 Å². The minimum Gasteiger partial charge on any atom is -0.317 e. The maximum atomic E-state index is 13.2. The van der Waals surface area contributed by atoms with Crippen molar-refractivity contribution in [1.29, 1.82) is 0 Å². The van der Waals surface area contributed by atoms with Crippen LogP contribution in [0.5, 0.6) is 0 Å². The van der Waals surface area contributed by atoms with Crippen molar-refractivity contribution in [2.45, 2.75) is 0 Å². The standard InChI is InChI=1S/C9H5FINO/c10-6-3-1-2-5-4-7(11)12-9(13)8(5)6/h1-4H,(H,12,13). The van der Waals surface area contributed by atoms with E-state index < -0.39 is 5.82 Å². The first-order chi connectivity index (χ1) is 6.18. The van der Waals surface area contributed by atoms with Gasteiger partial charge in [-0.1, -0.05) is 12.1 Å². The number of hydrogen-bond acceptors (Lipinski definition) is 1. The van der Waals surface area contributed by atoms with Gasteiger partial charge >= 0.3 is 0 Å². The maximum absolute atomic E-state index is 13.2. The lowest BCUT2D eigenvalue weighted by Crippen LogP contribution is -2.08. The topological polar surface area (TPSA) is 32.9 Å². The van der Waals surface area contributed by atoms with Crippen LogP contribution in [-0.4, -0.2) is 4.98 Å². The van der Waals surface area contributed by atoms with Gasteiger partial charge in [0.2, 0.25) is 0 Å². The molecule has 2 nitrogen and oxygen atoms in total. The molecule has 0 bridgehead atoms. The molecule has 0 amide bonds. The smallest absolute Gasteiger partial charge is 0.259 e. The molecule has 0 aliphatic carbocycles. The summed E-state index contributed by atoms with van der Waals surface area (Å²) in [5, 5.41) is 0.760. The number of fused-ring (bicyclic) bond motifs is 1. The van der Waals surface area contributed by atoms with E-state index in [1.165, 1.54) is 6.07 Å². The number of halogens is 2. The molecule has 0 atom stereocenters. The normalized spacial score (nSPS) is 10.6. The number of aromatic nitrogens is 1. The maximum Gasteiger partial charge on any atom is 0.259 e. The molecule has 1 aromatic carbocycles. The second kappa shape index (κ2) is 3.10. The van der Waals surface area contributed by atoms with Crippen molar-refractivity contribution in [2.75, 3.05) is 0 Å². The molecule has 0 radical (unpaired) electrons. The zero-order valence-corrected chi connectivity index (χ0v) is 8.63. The lowest BCUT2D eigenvalue weighted by atomic mass is 10.2. The molecular formula is C9H5FINO. The SMILES string of the molecule is O=c1[nH]c(I)cc2cccc(F)c12. The van der Waals surface area contributed by atoms with E-state index in [1.807, 2.05) is 22.6 Å². The summed E-state index contributed by atoms with van der Waals surface area (Å²) in [5.41, 5.74) is -0.375. The van der Waals surface area contributed by atoms with E-state index >= 15 is 0 Å². The fraction of sp³-hybridized carbons (Fsp3) is 0. The third kappa shape index (κ3) is 1.46. The Morgan fingerprint density at radius 2 is 2.15 bits per heavy atom. The molecule has 0 aliphatic rings. The molecule has 4 heteroatoms. The van der Waals surface area contributed by atoms with Gasteiger partial charge in [0.1, 0.15) is 5.82 Å². The van der Waals surface area contributed by atoms with Gasteiger partial charge < -0.3 is 4.98 Å². The van der Waals surface area contributed by atoms with E-state index in [0.717, 1.165) is 0 Å². The number of hydrogen-bond donors (Lipinski definition) is 1. The van der Waals surface area contributed by atoms with E-state index in [-0.39, 0.29) is 10.9 Å². The van der Waals surface area contributed by atoms with Gasteiger partial charge in [0.15, 0.2) is 0 Å². The molecule has 0 unspecified atom stereocenters. The summed E-state index contributed by atoms with van der Waals surface area (Å²) in [6, 6.07) is 6.33. The summed E-state index contributed by atoms with van der Waals surface area (Å²) >= 11 is 1.99. The first-order valence-electron chi connectivity index (χ1n) is 3.65. The van der Waals surface area contributed by atoms with E-state index in [4.69, 9.17) is 0 Å². The summed E-state index contributed by atoms with van der Waals surface area (Å²) in [5.74, 6) is -0.477. The second-order valence-electron chi connectivity index (χ2n) is 2.65. The lowest BCUT2D eigenvalue weighted by Gasteiger charge is -1.98. The molecule has 13 heavy (non-hydrogen) atoms. The Labute approximate surface area is 86.9 Å². The first kappa shape index (κ1) is 8.68. The van der Waals surface area contributed by atoms with Crippen LogP contribution < -0.4 is 5.56 Å². The Balaban J connectivity index is 3.03. The van der Waals surface area contributed by atoms with Crippen molar-refractivity contribution in [1.82, 2.24) is 4.98 Å². The van der Waals surface area contributed by atoms with Crippen molar-refractivity contribution < 1.29 is 4.39 Å². The summed E-state index contributed by atoms with van der Waals surface area (Å²) in [7, 11) is 0. The van der Waals surface area contributed by atoms with Crippen LogP contribution in [0.4, 0.5) is 4.39 Å². The number of rotatable bonds is 0. The molecular weight excluding hydrogens is 284 g/mol. The van der Waals surface area contributed by atoms with Crippen LogP contribution in [0, 0.1) is 9.52 Å². The number of aromatic amines is 1. The average Bonchev–Trinajstić information content (AvgIpc) is 2.02. The molecule has 2 aromatic rings. The molecule has 0 spiro atoms. The summed E-state index contributed by atoms with van der Waals surface area (Å²) < 4.78 is 13.9. The third-order valence-corrected chi connectivity index (χ3v) is 2.37. The summed E-state index contributed by atoms with van der Waals surface area (Å²) in [6.07, 6.45) is 0. The van der Waals surface area contributed by atoms with E-state index in [9.17, 15) is 9.18 Å². The van der Waals surface area contributed by atoms with Crippen LogP contribution in [0.1, 0.15) is 0 Å². The number of benzene rings is 1. The Bertz CT molecular complexity index is 520. The van der Waals surface area contributed by atoms with Gasteiger partial charge in [-0.15, -0.1) is 0 Å². The van der Waals surface area contributed by atoms with Gasteiger partial charge in [-0.2, -0.15) is 0 Å². The van der Waals surface area contributed by atoms with Crippen LogP contribution in [0.2, 0.25) is 0 Å². The fourth-order valence-electron chi connectivity index (χ4n) is 1.24. The highest BCUT2D eigenvalue weighted by Crippen LogP contribution is 2.14. The van der Waals surface area contributed by atoms with Crippen LogP contribution in [0.25, 0.3) is 10.8 Å². The van der Waals surface area contributed by atoms with Gasteiger partial charge in [0.25, 0.3) is 5.56 Å². The molecule has 0 saturated heterocycles. The molecule has 2 rings (SSSR count). The van der Waals surface area contributed by atoms with Gasteiger partial charge in [0.05, 0.1) is 9.09 Å². The van der Waals surface area contributed by atoms with Gasteiger partial charge in [-0.3, -0.25) is 4.79 Å². The lowest BCUT2D eigenvalue weighted by molar-refractivity contribution is 0.638. The van der Waals surface area contributed by atoms with Crippen molar-refractivity contribution >= 4 is 33.4 Å². The zero-order valence-electron chi connectivity index (χ0n) is 6.47. The molecule has 0 saturated carbocycles. The number of pyridine rings is 1. The van der Waals surface area contributed by atoms with Crippen molar-refractivity contribution in [3.8, 4) is 0 Å². The molecule has 66 valence electrons. The molecule has 1 aromatic heterocycles. The van der Waals surface area contributed by atoms with E-state index in [1.54, 1.807) is 18.2 Å². The highest BCUT2D eigenvalue weighted by atomic mass is 127. The summed E-state index contributed by atoms with van der Waals surface area (Å²) in [4.78, 5) is 13.9. The van der Waals surface area contributed by atoms with Crippen LogP contribution >= 0.6 is 22.6 Å². The third-order valence-electron chi connectivity index (χ3n) is 1.79. The minimum atomic E-state index is -0.477. The Morgan fingerprint density at radius 3 is 2.92 bits per heavy atom. The Hall–Kier alpha value is -0.910. The minimum absolute atomic E-state index is 0.128. The predicted octanol–water partition coefficient (Wildman–Crippen LogP) is 2.27. The van der Waals surface area contributed by atoms with Gasteiger partial charge in [0, 0.05) is 0 Å². The average molecular weight is 289 g/mol. The molecule has 1 N–H and O–H groups in total. The Kier molecular flexibility index (Phi) is 2.07. The second-order valence-corrected chi connectivity index (χ2v) is 3.81. The molecule has 0 fully saturated rings. The van der Waals surface area contributed by atoms with Gasteiger partial charge in [-0.05, 0) is 40.1 Å². The first-order valence-corrected chi connectivity index (χ1v) is 4.73. The predicted molar refractivity (Wildman–Crippen MR) is 57.2 cm³/mol. The van der Waals surface area contributed by atoms with E-state index in [2.05, 4.69) is 4.98 Å². The fourth-order valence-corrected chi connectivity index (χ4v) is 1.82. The highest BCUT2D eigenvalue weighted by Gasteiger charge is 2.04. The highest BCUT2D eigenvalue weighted by molar-refractivity contribution is 14.1. The largest absolute Gasteiger partial charge is 0.317 e. The van der Waals surface area contributed by atoms with Crippen LogP contribution in [-0.2, 0) is 0 Å². The van der Waals surface area contributed by atoms with Crippen molar-refractivity contribution in [3.63, 3.8) is 0 Å². The monoisotopic (exact) mass is 289 g/mol. The Morgan fingerprint density at radius 1 is 1.38 bits per heavy atom. The van der Waals surface area contributed by atoms with Crippen LogP contribution in [0.15, 0.2) is 29.1 Å². The number of nitrogens with one attached hydrogen (secondary N) is 1. The quantitative estimate of drug-likeness (QED) is 0.585. The number of H-pyrrole nitrogens is 1. The van der Waals surface area contributed by atoms with Crippen molar-refractivity contribution in [3.05, 3.63) is 44.1 Å². The summed E-state index contributed by atoms with van der Waals surface area (Å²) in [6.45, 7) is 0. The molecule has 0 aliphatic heterocycles. The zero-order chi connectivity index (χ0) is 9.42. The van der Waals surface area contributed by atoms with Crippen LogP contribution in [0.3, 0.4) is 0 Å².